The van der Waals surface area contributed by atoms with E-state index in [0.717, 1.165) is 18.3 Å². The molecule has 0 aliphatic carbocycles. The Balaban J connectivity index is 0.000000400. The Labute approximate surface area is 261 Å². The summed E-state index contributed by atoms with van der Waals surface area (Å²) in [6.07, 6.45) is -1.03. The molecule has 0 saturated carbocycles. The second-order valence-corrected chi connectivity index (χ2v) is 13.2. The predicted octanol–water partition coefficient (Wildman–Crippen LogP) is 5.62. The van der Waals surface area contributed by atoms with Gasteiger partial charge < -0.3 is 30.3 Å². The highest BCUT2D eigenvalue weighted by Gasteiger charge is 2.25. The van der Waals surface area contributed by atoms with Gasteiger partial charge in [-0.1, -0.05) is 24.3 Å². The van der Waals surface area contributed by atoms with Crippen LogP contribution in [-0.4, -0.2) is 57.6 Å². The lowest BCUT2D eigenvalue weighted by Gasteiger charge is -2.22. The largest absolute Gasteiger partial charge is 0.480 e. The van der Waals surface area contributed by atoms with E-state index in [1.807, 2.05) is 48.5 Å². The average molecular weight is 782 g/mol. The number of alkyl carbamates (subject to hydrolysis) is 2. The zero-order chi connectivity index (χ0) is 30.7. The predicted molar refractivity (Wildman–Crippen MR) is 167 cm³/mol. The normalized spacial score (nSPS) is 12.6. The van der Waals surface area contributed by atoms with E-state index in [1.54, 1.807) is 41.5 Å². The lowest BCUT2D eigenvalue weighted by Crippen LogP contribution is -2.44. The molecule has 2 aromatic carbocycles. The fourth-order valence-corrected chi connectivity index (χ4v) is 3.73. The van der Waals surface area contributed by atoms with Crippen LogP contribution in [0.1, 0.15) is 52.7 Å². The standard InChI is InChI=1S/2C14H18INO4/c2*1-14(2,3)20-13(19)16-11(12(17)18)8-9-4-6-10(15)7-5-9/h2*4-7,11H,8H2,1-3H3,(H,16,19)(H,17,18)/t2*11-/m00/s1. The molecule has 0 spiro atoms. The lowest BCUT2D eigenvalue weighted by molar-refractivity contribution is -0.140. The molecule has 0 heterocycles. The van der Waals surface area contributed by atoms with Crippen molar-refractivity contribution in [3.8, 4) is 0 Å². The Bertz CT molecular complexity index is 1050. The van der Waals surface area contributed by atoms with Gasteiger partial charge in [-0.15, -0.1) is 0 Å². The number of carboxylic acid groups (broad SMARTS) is 2. The maximum absolute atomic E-state index is 11.6. The van der Waals surface area contributed by atoms with Crippen LogP contribution < -0.4 is 10.6 Å². The monoisotopic (exact) mass is 782 g/mol. The summed E-state index contributed by atoms with van der Waals surface area (Å²) < 4.78 is 12.3. The van der Waals surface area contributed by atoms with Crippen molar-refractivity contribution in [1.29, 1.82) is 0 Å². The summed E-state index contributed by atoms with van der Waals surface area (Å²) in [5, 5.41) is 23.1. The van der Waals surface area contributed by atoms with Gasteiger partial charge in [-0.3, -0.25) is 0 Å². The minimum Gasteiger partial charge on any atom is -0.480 e. The number of nitrogens with one attached hydrogen (secondary N) is 2. The van der Waals surface area contributed by atoms with Gasteiger partial charge in [0.25, 0.3) is 0 Å². The van der Waals surface area contributed by atoms with Crippen molar-refractivity contribution in [3.05, 3.63) is 66.8 Å². The second kappa shape index (κ2) is 16.0. The highest BCUT2D eigenvalue weighted by atomic mass is 127. The molecule has 10 nitrogen and oxygen atoms in total. The van der Waals surface area contributed by atoms with Crippen LogP contribution in [0.15, 0.2) is 48.5 Å². The van der Waals surface area contributed by atoms with Gasteiger partial charge in [-0.25, -0.2) is 19.2 Å². The smallest absolute Gasteiger partial charge is 0.408 e. The summed E-state index contributed by atoms with van der Waals surface area (Å²) >= 11 is 4.34. The molecule has 4 N–H and O–H groups in total. The van der Waals surface area contributed by atoms with E-state index in [2.05, 4.69) is 55.8 Å². The third kappa shape index (κ3) is 15.8. The molecular formula is C28H36I2N2O8. The summed E-state index contributed by atoms with van der Waals surface area (Å²) in [5.41, 5.74) is 0.370. The van der Waals surface area contributed by atoms with Crippen LogP contribution in [0.4, 0.5) is 9.59 Å². The van der Waals surface area contributed by atoms with E-state index >= 15 is 0 Å². The van der Waals surface area contributed by atoms with Gasteiger partial charge in [0.1, 0.15) is 23.3 Å². The van der Waals surface area contributed by atoms with Crippen molar-refractivity contribution < 1.29 is 38.9 Å². The van der Waals surface area contributed by atoms with E-state index < -0.39 is 47.4 Å². The summed E-state index contributed by atoms with van der Waals surface area (Å²) in [6, 6.07) is 12.9. The zero-order valence-electron chi connectivity index (χ0n) is 23.3. The Morgan fingerprint density at radius 2 is 0.925 bits per heavy atom. The number of carboxylic acids is 2. The quantitative estimate of drug-likeness (QED) is 0.252. The summed E-state index contributed by atoms with van der Waals surface area (Å²) in [5.74, 6) is -2.18. The number of benzene rings is 2. The molecule has 0 bridgehead atoms. The first kappa shape index (κ1) is 35.4. The highest BCUT2D eigenvalue weighted by Crippen LogP contribution is 2.12. The van der Waals surface area contributed by atoms with Crippen molar-refractivity contribution in [3.63, 3.8) is 0 Å². The van der Waals surface area contributed by atoms with E-state index in [0.29, 0.717) is 0 Å². The minimum absolute atomic E-state index is 0.214. The first-order chi connectivity index (χ1) is 18.3. The second-order valence-electron chi connectivity index (χ2n) is 10.7. The number of carbonyl (C=O) groups excluding carboxylic acids is 2. The number of carbonyl (C=O) groups is 4. The van der Waals surface area contributed by atoms with Gasteiger partial charge >= 0.3 is 24.1 Å². The van der Waals surface area contributed by atoms with E-state index in [4.69, 9.17) is 19.7 Å². The Morgan fingerprint density at radius 3 is 1.15 bits per heavy atom. The molecule has 0 unspecified atom stereocenters. The van der Waals surface area contributed by atoms with Crippen molar-refractivity contribution in [2.24, 2.45) is 0 Å². The number of amides is 2. The number of rotatable bonds is 8. The number of hydrogen-bond donors (Lipinski definition) is 4. The van der Waals surface area contributed by atoms with Crippen molar-refractivity contribution in [2.75, 3.05) is 0 Å². The van der Waals surface area contributed by atoms with Crippen molar-refractivity contribution in [1.82, 2.24) is 10.6 Å². The Morgan fingerprint density at radius 1 is 0.650 bits per heavy atom. The fraction of sp³-hybridized carbons (Fsp3) is 0.429. The molecule has 2 amide bonds. The van der Waals surface area contributed by atoms with Gasteiger partial charge in [-0.2, -0.15) is 0 Å². The third-order valence-corrected chi connectivity index (χ3v) is 6.12. The molecule has 2 rings (SSSR count). The maximum Gasteiger partial charge on any atom is 0.408 e. The van der Waals surface area contributed by atoms with Gasteiger partial charge in [0.05, 0.1) is 0 Å². The maximum atomic E-state index is 11.6. The van der Waals surface area contributed by atoms with Crippen LogP contribution in [0.5, 0.6) is 0 Å². The lowest BCUT2D eigenvalue weighted by atomic mass is 10.1. The average Bonchev–Trinajstić information content (AvgIpc) is 2.79. The van der Waals surface area contributed by atoms with Crippen LogP contribution in [0, 0.1) is 7.14 Å². The molecule has 40 heavy (non-hydrogen) atoms. The zero-order valence-corrected chi connectivity index (χ0v) is 27.6. The molecule has 0 aliphatic rings. The molecule has 0 fully saturated rings. The summed E-state index contributed by atoms with van der Waals surface area (Å²) in [7, 11) is 0. The molecule has 2 atom stereocenters. The molecule has 0 saturated heterocycles. The molecule has 0 aromatic heterocycles. The third-order valence-electron chi connectivity index (χ3n) is 4.68. The van der Waals surface area contributed by atoms with Crippen LogP contribution in [0.25, 0.3) is 0 Å². The van der Waals surface area contributed by atoms with Gasteiger partial charge in [-0.05, 0) is 122 Å². The summed E-state index contributed by atoms with van der Waals surface area (Å²) in [4.78, 5) is 45.6. The molecular weight excluding hydrogens is 746 g/mol. The van der Waals surface area contributed by atoms with Crippen LogP contribution in [-0.2, 0) is 31.9 Å². The van der Waals surface area contributed by atoms with E-state index in [-0.39, 0.29) is 12.8 Å². The summed E-state index contributed by atoms with van der Waals surface area (Å²) in [6.45, 7) is 10.3. The Hall–Kier alpha value is -2.62. The van der Waals surface area contributed by atoms with Gasteiger partial charge in [0, 0.05) is 20.0 Å². The first-order valence-electron chi connectivity index (χ1n) is 12.3. The number of ether oxygens (including phenoxy) is 2. The number of aliphatic carboxylic acids is 2. The SMILES string of the molecule is CC(C)(C)OC(=O)N[C@@H](Cc1ccc(I)cc1)C(=O)O.CC(C)(C)OC(=O)N[C@@H](Cc1ccc(I)cc1)C(=O)O. The van der Waals surface area contributed by atoms with Crippen molar-refractivity contribution >= 4 is 69.3 Å². The van der Waals surface area contributed by atoms with Gasteiger partial charge in [0.15, 0.2) is 0 Å². The Kier molecular flexibility index (Phi) is 14.1. The molecule has 12 heteroatoms. The molecule has 220 valence electrons. The molecule has 0 aliphatic heterocycles. The van der Waals surface area contributed by atoms with Crippen molar-refractivity contribution in [2.45, 2.75) is 77.7 Å². The number of halogens is 2. The number of hydrogen-bond acceptors (Lipinski definition) is 6. The topological polar surface area (TPSA) is 151 Å². The van der Waals surface area contributed by atoms with E-state index in [9.17, 15) is 19.2 Å². The molecule has 2 aromatic rings. The molecule has 0 radical (unpaired) electrons. The highest BCUT2D eigenvalue weighted by molar-refractivity contribution is 14.1. The minimum atomic E-state index is -1.09. The van der Waals surface area contributed by atoms with E-state index in [1.165, 1.54) is 0 Å². The van der Waals surface area contributed by atoms with Gasteiger partial charge in [0.2, 0.25) is 0 Å². The van der Waals surface area contributed by atoms with Crippen LogP contribution in [0.2, 0.25) is 0 Å². The fourth-order valence-electron chi connectivity index (χ4n) is 3.01. The van der Waals surface area contributed by atoms with Crippen LogP contribution >= 0.6 is 45.2 Å². The first-order valence-corrected chi connectivity index (χ1v) is 14.4. The van der Waals surface area contributed by atoms with Crippen LogP contribution in [0.3, 0.4) is 0 Å².